The molecule has 134 valence electrons. The molecule has 4 unspecified atom stereocenters. The molecule has 1 aromatic carbocycles. The Morgan fingerprint density at radius 1 is 1.38 bits per heavy atom. The molecule has 0 bridgehead atoms. The molecular weight excluding hydrogens is 314 g/mol. The van der Waals surface area contributed by atoms with Crippen molar-refractivity contribution < 1.29 is 18.7 Å². The third kappa shape index (κ3) is 3.92. The molecule has 1 heterocycles. The molecular formula is C18H26F2N2O2. The van der Waals surface area contributed by atoms with E-state index < -0.39 is 17.2 Å². The molecule has 0 saturated carbocycles. The summed E-state index contributed by atoms with van der Waals surface area (Å²) in [7, 11) is 0. The van der Waals surface area contributed by atoms with Crippen molar-refractivity contribution in [3.8, 4) is 0 Å². The van der Waals surface area contributed by atoms with Gasteiger partial charge in [0.1, 0.15) is 17.2 Å². The van der Waals surface area contributed by atoms with Crippen LogP contribution in [0, 0.1) is 11.6 Å². The minimum Gasteiger partial charge on any atom is -0.383 e. The number of nitrogens with one attached hydrogen (secondary N) is 1. The molecule has 1 aromatic rings. The number of carbonyl (C=O) groups excluding carboxylic acids is 1. The molecule has 2 N–H and O–H groups in total. The molecule has 0 aromatic heterocycles. The highest BCUT2D eigenvalue weighted by molar-refractivity contribution is 5.81. The molecule has 4 nitrogen and oxygen atoms in total. The maximum atomic E-state index is 13.9. The van der Waals surface area contributed by atoms with Crippen molar-refractivity contribution in [3.05, 3.63) is 35.4 Å². The second-order valence-electron chi connectivity index (χ2n) is 7.01. The van der Waals surface area contributed by atoms with Gasteiger partial charge in [-0.1, -0.05) is 6.07 Å². The highest BCUT2D eigenvalue weighted by atomic mass is 19.1. The summed E-state index contributed by atoms with van der Waals surface area (Å²) in [4.78, 5) is 14.6. The van der Waals surface area contributed by atoms with Gasteiger partial charge in [0.15, 0.2) is 0 Å². The van der Waals surface area contributed by atoms with Crippen molar-refractivity contribution >= 4 is 5.91 Å². The smallest absolute Gasteiger partial charge is 0.237 e. The van der Waals surface area contributed by atoms with Crippen molar-refractivity contribution in [3.63, 3.8) is 0 Å². The lowest BCUT2D eigenvalue weighted by Crippen LogP contribution is -2.51. The zero-order valence-electron chi connectivity index (χ0n) is 14.6. The molecule has 6 heteroatoms. The van der Waals surface area contributed by atoms with Gasteiger partial charge < -0.3 is 10.4 Å². The molecule has 1 aliphatic rings. The zero-order chi connectivity index (χ0) is 18.1. The van der Waals surface area contributed by atoms with E-state index in [9.17, 15) is 18.7 Å². The van der Waals surface area contributed by atoms with Crippen LogP contribution in [0.4, 0.5) is 8.78 Å². The fraction of sp³-hybridized carbons (Fsp3) is 0.611. The molecule has 0 spiro atoms. The van der Waals surface area contributed by atoms with Crippen LogP contribution in [0.3, 0.4) is 0 Å². The van der Waals surface area contributed by atoms with Gasteiger partial charge in [-0.05, 0) is 46.6 Å². The minimum atomic E-state index is -1.62. The first-order valence-electron chi connectivity index (χ1n) is 8.36. The first kappa shape index (κ1) is 18.8. The highest BCUT2D eigenvalue weighted by Gasteiger charge is 2.35. The normalized spacial score (nSPS) is 25.3. The number of amides is 1. The molecule has 1 saturated heterocycles. The van der Waals surface area contributed by atoms with E-state index in [0.29, 0.717) is 12.1 Å². The number of halogens is 2. The first-order chi connectivity index (χ1) is 11.1. The Morgan fingerprint density at radius 2 is 1.96 bits per heavy atom. The molecule has 0 aliphatic carbocycles. The van der Waals surface area contributed by atoms with E-state index in [4.69, 9.17) is 0 Å². The number of likely N-dealkylation sites (tertiary alicyclic amines) is 1. The highest BCUT2D eigenvalue weighted by Crippen LogP contribution is 2.27. The summed E-state index contributed by atoms with van der Waals surface area (Å²) >= 11 is 0. The first-order valence-corrected chi connectivity index (χ1v) is 8.36. The van der Waals surface area contributed by atoms with Gasteiger partial charge in [-0.25, -0.2) is 8.78 Å². The number of carbonyl (C=O) groups is 1. The number of benzene rings is 1. The van der Waals surface area contributed by atoms with Gasteiger partial charge in [0.25, 0.3) is 0 Å². The van der Waals surface area contributed by atoms with Crippen molar-refractivity contribution in [1.82, 2.24) is 10.2 Å². The lowest BCUT2D eigenvalue weighted by atomic mass is 9.95. The Kier molecular flexibility index (Phi) is 5.60. The Bertz CT molecular complexity index is 597. The van der Waals surface area contributed by atoms with E-state index in [2.05, 4.69) is 24.1 Å². The summed E-state index contributed by atoms with van der Waals surface area (Å²) in [5.41, 5.74) is -1.66. The van der Waals surface area contributed by atoms with Crippen molar-refractivity contribution in [2.45, 2.75) is 64.3 Å². The van der Waals surface area contributed by atoms with E-state index in [0.717, 1.165) is 25.0 Å². The van der Waals surface area contributed by atoms with E-state index in [1.165, 1.54) is 13.0 Å². The molecule has 0 radical (unpaired) electrons. The minimum absolute atomic E-state index is 0.0419. The molecule has 1 amide bonds. The topological polar surface area (TPSA) is 52.6 Å². The molecule has 2 rings (SSSR count). The SMILES string of the molecule is CC1CCC(C)N1C(C)C(=O)NCC(C)(O)c1ccc(F)cc1F. The Labute approximate surface area is 141 Å². The van der Waals surface area contributed by atoms with Gasteiger partial charge >= 0.3 is 0 Å². The maximum absolute atomic E-state index is 13.9. The summed E-state index contributed by atoms with van der Waals surface area (Å²) in [6, 6.07) is 3.34. The van der Waals surface area contributed by atoms with Gasteiger partial charge in [0.05, 0.1) is 12.6 Å². The predicted molar refractivity (Wildman–Crippen MR) is 88.4 cm³/mol. The maximum Gasteiger partial charge on any atom is 0.237 e. The second kappa shape index (κ2) is 7.15. The van der Waals surface area contributed by atoms with Crippen LogP contribution in [0.15, 0.2) is 18.2 Å². The van der Waals surface area contributed by atoms with Crippen LogP contribution in [0.2, 0.25) is 0 Å². The van der Waals surface area contributed by atoms with Crippen molar-refractivity contribution in [2.24, 2.45) is 0 Å². The third-order valence-electron chi connectivity index (χ3n) is 4.97. The fourth-order valence-corrected chi connectivity index (χ4v) is 3.54. The van der Waals surface area contributed by atoms with Gasteiger partial charge in [-0.15, -0.1) is 0 Å². The number of aliphatic hydroxyl groups is 1. The summed E-state index contributed by atoms with van der Waals surface area (Å²) in [5.74, 6) is -1.75. The number of hydrogen-bond acceptors (Lipinski definition) is 3. The summed E-state index contributed by atoms with van der Waals surface area (Å²) in [6.45, 7) is 7.28. The summed E-state index contributed by atoms with van der Waals surface area (Å²) < 4.78 is 26.9. The van der Waals surface area contributed by atoms with Gasteiger partial charge in [-0.3, -0.25) is 9.69 Å². The number of rotatable bonds is 5. The van der Waals surface area contributed by atoms with Crippen LogP contribution in [0.25, 0.3) is 0 Å². The van der Waals surface area contributed by atoms with Crippen LogP contribution >= 0.6 is 0 Å². The summed E-state index contributed by atoms with van der Waals surface area (Å²) in [6.07, 6.45) is 2.11. The number of hydrogen-bond donors (Lipinski definition) is 2. The molecule has 24 heavy (non-hydrogen) atoms. The quantitative estimate of drug-likeness (QED) is 0.866. The van der Waals surface area contributed by atoms with E-state index in [1.807, 2.05) is 6.92 Å². The molecule has 4 atom stereocenters. The van der Waals surface area contributed by atoms with E-state index in [-0.39, 0.29) is 24.1 Å². The standard InChI is InChI=1S/C18H26F2N2O2/c1-11-5-6-12(2)22(11)13(3)17(23)21-10-18(4,24)15-8-7-14(19)9-16(15)20/h7-9,11-13,24H,5-6,10H2,1-4H3,(H,21,23). The van der Waals surface area contributed by atoms with Gasteiger partial charge in [0, 0.05) is 23.7 Å². The third-order valence-corrected chi connectivity index (χ3v) is 4.97. The Morgan fingerprint density at radius 3 is 2.50 bits per heavy atom. The van der Waals surface area contributed by atoms with E-state index in [1.54, 1.807) is 0 Å². The van der Waals surface area contributed by atoms with Crippen molar-refractivity contribution in [2.75, 3.05) is 6.54 Å². The van der Waals surface area contributed by atoms with Crippen LogP contribution in [0.1, 0.15) is 46.1 Å². The lowest BCUT2D eigenvalue weighted by Gasteiger charge is -2.32. The molecule has 1 fully saturated rings. The van der Waals surface area contributed by atoms with Gasteiger partial charge in [-0.2, -0.15) is 0 Å². The lowest BCUT2D eigenvalue weighted by molar-refractivity contribution is -0.128. The monoisotopic (exact) mass is 340 g/mol. The van der Waals surface area contributed by atoms with Crippen LogP contribution in [-0.4, -0.2) is 40.6 Å². The number of nitrogens with zero attached hydrogens (tertiary/aromatic N) is 1. The Hall–Kier alpha value is -1.53. The van der Waals surface area contributed by atoms with Gasteiger partial charge in [0.2, 0.25) is 5.91 Å². The van der Waals surface area contributed by atoms with E-state index >= 15 is 0 Å². The summed E-state index contributed by atoms with van der Waals surface area (Å²) in [5, 5.41) is 13.2. The van der Waals surface area contributed by atoms with Crippen LogP contribution < -0.4 is 5.32 Å². The second-order valence-corrected chi connectivity index (χ2v) is 7.01. The molecule has 1 aliphatic heterocycles. The zero-order valence-corrected chi connectivity index (χ0v) is 14.6. The van der Waals surface area contributed by atoms with Crippen molar-refractivity contribution in [1.29, 1.82) is 0 Å². The van der Waals surface area contributed by atoms with Crippen LogP contribution in [-0.2, 0) is 10.4 Å². The Balaban J connectivity index is 2.02. The average molecular weight is 340 g/mol. The fourth-order valence-electron chi connectivity index (χ4n) is 3.54. The average Bonchev–Trinajstić information content (AvgIpc) is 2.82. The predicted octanol–water partition coefficient (Wildman–Crippen LogP) is 2.55. The largest absolute Gasteiger partial charge is 0.383 e. The van der Waals surface area contributed by atoms with Crippen LogP contribution in [0.5, 0.6) is 0 Å².